The first-order chi connectivity index (χ1) is 9.70. The van der Waals surface area contributed by atoms with Gasteiger partial charge in [0.25, 0.3) is 21.9 Å². The number of carboxylic acids is 1. The van der Waals surface area contributed by atoms with E-state index in [9.17, 15) is 27.4 Å². The van der Waals surface area contributed by atoms with Crippen LogP contribution >= 0.6 is 0 Å². The molecule has 0 radical (unpaired) electrons. The number of amides is 2. The van der Waals surface area contributed by atoms with Gasteiger partial charge in [0.05, 0.1) is 0 Å². The number of carbonyl (C=O) groups excluding carboxylic acids is 2. The zero-order chi connectivity index (χ0) is 17.5. The quantitative estimate of drug-likeness (QED) is 0.533. The average molecular weight is 333 g/mol. The minimum Gasteiger partial charge on any atom is -0.480 e. The number of imide groups is 1. The van der Waals surface area contributed by atoms with Crippen molar-refractivity contribution in [2.45, 2.75) is 44.9 Å². The minimum absolute atomic E-state index is 0.129. The standard InChI is InChI=1S/C13H19NO7S/c1-12(2,10(11(17)18)22(19,20)21)7-13(3,4)14-8(15)5-6-9(14)16/h5-6,10H,7H2,1-4H3,(H,17,18)(H,19,20,21). The Morgan fingerprint density at radius 3 is 1.91 bits per heavy atom. The molecule has 1 aliphatic heterocycles. The van der Waals surface area contributed by atoms with E-state index in [-0.39, 0.29) is 6.42 Å². The Kier molecular flexibility index (Phi) is 4.55. The van der Waals surface area contributed by atoms with Gasteiger partial charge in [0.2, 0.25) is 0 Å². The molecule has 0 bridgehead atoms. The molecule has 2 amide bonds. The van der Waals surface area contributed by atoms with Crippen LogP contribution in [0, 0.1) is 5.41 Å². The van der Waals surface area contributed by atoms with Crippen LogP contribution in [0.25, 0.3) is 0 Å². The predicted molar refractivity (Wildman–Crippen MR) is 76.4 cm³/mol. The number of aliphatic carboxylic acids is 1. The van der Waals surface area contributed by atoms with Gasteiger partial charge >= 0.3 is 5.97 Å². The molecule has 1 aliphatic rings. The zero-order valence-corrected chi connectivity index (χ0v) is 13.5. The molecule has 2 N–H and O–H groups in total. The fourth-order valence-electron chi connectivity index (χ4n) is 3.15. The van der Waals surface area contributed by atoms with Crippen LogP contribution in [0.5, 0.6) is 0 Å². The number of nitrogens with zero attached hydrogens (tertiary/aromatic N) is 1. The summed E-state index contributed by atoms with van der Waals surface area (Å²) < 4.78 is 31.9. The Morgan fingerprint density at radius 1 is 1.18 bits per heavy atom. The van der Waals surface area contributed by atoms with Crippen molar-refractivity contribution in [3.63, 3.8) is 0 Å². The van der Waals surface area contributed by atoms with Crippen LogP contribution in [-0.2, 0) is 24.5 Å². The third-order valence-corrected chi connectivity index (χ3v) is 4.97. The van der Waals surface area contributed by atoms with Crippen LogP contribution < -0.4 is 0 Å². The SMILES string of the molecule is CC(C)(CC(C)(C)N1C(=O)C=CC1=O)C(C(=O)O)S(=O)(=O)O. The number of rotatable bonds is 6. The molecule has 8 nitrogen and oxygen atoms in total. The minimum atomic E-state index is -4.85. The lowest BCUT2D eigenvalue weighted by molar-refractivity contribution is -0.144. The first-order valence-corrected chi connectivity index (χ1v) is 7.96. The molecule has 0 saturated heterocycles. The summed E-state index contributed by atoms with van der Waals surface area (Å²) in [5, 5.41) is 7.04. The molecule has 0 aromatic rings. The van der Waals surface area contributed by atoms with E-state index in [1.807, 2.05) is 0 Å². The molecule has 0 fully saturated rings. The van der Waals surface area contributed by atoms with Crippen LogP contribution in [0.15, 0.2) is 12.2 Å². The molecule has 22 heavy (non-hydrogen) atoms. The summed E-state index contributed by atoms with van der Waals surface area (Å²) in [4.78, 5) is 35.7. The molecule has 0 aromatic heterocycles. The van der Waals surface area contributed by atoms with Crippen molar-refractivity contribution in [2.75, 3.05) is 0 Å². The van der Waals surface area contributed by atoms with Gasteiger partial charge in [-0.05, 0) is 25.7 Å². The molecule has 1 atom stereocenters. The molecule has 0 spiro atoms. The monoisotopic (exact) mass is 333 g/mol. The van der Waals surface area contributed by atoms with Crippen molar-refractivity contribution in [3.05, 3.63) is 12.2 Å². The van der Waals surface area contributed by atoms with Crippen molar-refractivity contribution in [2.24, 2.45) is 5.41 Å². The lowest BCUT2D eigenvalue weighted by Crippen LogP contribution is -2.53. The molecule has 9 heteroatoms. The highest BCUT2D eigenvalue weighted by Gasteiger charge is 2.49. The molecule has 0 saturated carbocycles. The van der Waals surface area contributed by atoms with Crippen molar-refractivity contribution in [1.82, 2.24) is 4.90 Å². The van der Waals surface area contributed by atoms with Gasteiger partial charge in [0.1, 0.15) is 0 Å². The van der Waals surface area contributed by atoms with Crippen LogP contribution in [-0.4, -0.2) is 51.5 Å². The highest BCUT2D eigenvalue weighted by atomic mass is 32.2. The summed E-state index contributed by atoms with van der Waals surface area (Å²) in [5.41, 5.74) is -2.55. The van der Waals surface area contributed by atoms with Crippen molar-refractivity contribution >= 4 is 27.9 Å². The molecule has 0 aliphatic carbocycles. The van der Waals surface area contributed by atoms with Crippen LogP contribution in [0.4, 0.5) is 0 Å². The van der Waals surface area contributed by atoms with E-state index in [1.165, 1.54) is 27.7 Å². The third kappa shape index (κ3) is 3.53. The Labute approximate surface area is 128 Å². The summed E-state index contributed by atoms with van der Waals surface area (Å²) in [7, 11) is -4.85. The van der Waals surface area contributed by atoms with E-state index in [0.717, 1.165) is 17.1 Å². The maximum atomic E-state index is 11.8. The maximum Gasteiger partial charge on any atom is 0.324 e. The van der Waals surface area contributed by atoms with Gasteiger partial charge in [0.15, 0.2) is 5.25 Å². The molecule has 1 heterocycles. The van der Waals surface area contributed by atoms with Gasteiger partial charge in [-0.3, -0.25) is 23.8 Å². The number of hydrogen-bond acceptors (Lipinski definition) is 5. The van der Waals surface area contributed by atoms with E-state index < -0.39 is 44.1 Å². The second-order valence-electron chi connectivity index (χ2n) is 6.56. The van der Waals surface area contributed by atoms with Gasteiger partial charge in [-0.25, -0.2) is 0 Å². The first-order valence-electron chi connectivity index (χ1n) is 6.45. The predicted octanol–water partition coefficient (Wildman–Crippen LogP) is 0.447. The van der Waals surface area contributed by atoms with E-state index in [4.69, 9.17) is 5.11 Å². The summed E-state index contributed by atoms with van der Waals surface area (Å²) in [5.74, 6) is -2.80. The van der Waals surface area contributed by atoms with E-state index in [0.29, 0.717) is 0 Å². The average Bonchev–Trinajstić information content (AvgIpc) is 2.52. The summed E-state index contributed by atoms with van der Waals surface area (Å²) in [6.07, 6.45) is 2.05. The fourth-order valence-corrected chi connectivity index (χ4v) is 4.29. The van der Waals surface area contributed by atoms with Crippen LogP contribution in [0.3, 0.4) is 0 Å². The maximum absolute atomic E-state index is 11.8. The molecule has 0 aromatic carbocycles. The molecule has 1 unspecified atom stereocenters. The highest BCUT2D eigenvalue weighted by molar-refractivity contribution is 7.87. The van der Waals surface area contributed by atoms with Gasteiger partial charge in [-0.2, -0.15) is 8.42 Å². The Morgan fingerprint density at radius 2 is 1.59 bits per heavy atom. The van der Waals surface area contributed by atoms with E-state index in [1.54, 1.807) is 0 Å². The smallest absolute Gasteiger partial charge is 0.324 e. The summed E-state index contributed by atoms with van der Waals surface area (Å²) in [6.45, 7) is 5.75. The lowest BCUT2D eigenvalue weighted by Gasteiger charge is -2.41. The van der Waals surface area contributed by atoms with Crippen LogP contribution in [0.1, 0.15) is 34.1 Å². The third-order valence-electron chi connectivity index (χ3n) is 3.53. The topological polar surface area (TPSA) is 129 Å². The van der Waals surface area contributed by atoms with Gasteiger partial charge in [0, 0.05) is 17.7 Å². The second kappa shape index (κ2) is 5.47. The van der Waals surface area contributed by atoms with Crippen molar-refractivity contribution in [3.8, 4) is 0 Å². The summed E-state index contributed by atoms with van der Waals surface area (Å²) in [6, 6.07) is 0. The van der Waals surface area contributed by atoms with E-state index in [2.05, 4.69) is 0 Å². The van der Waals surface area contributed by atoms with E-state index >= 15 is 0 Å². The highest BCUT2D eigenvalue weighted by Crippen LogP contribution is 2.38. The summed E-state index contributed by atoms with van der Waals surface area (Å²) >= 11 is 0. The second-order valence-corrected chi connectivity index (χ2v) is 8.06. The molecule has 1 rings (SSSR count). The molecular formula is C13H19NO7S. The zero-order valence-electron chi connectivity index (χ0n) is 12.7. The fraction of sp³-hybridized carbons (Fsp3) is 0.615. The molecule has 124 valence electrons. The number of hydrogen-bond donors (Lipinski definition) is 2. The Balaban J connectivity index is 3.17. The van der Waals surface area contributed by atoms with Gasteiger partial charge < -0.3 is 5.11 Å². The normalized spacial score (nSPS) is 18.0. The van der Waals surface area contributed by atoms with Crippen LogP contribution in [0.2, 0.25) is 0 Å². The van der Waals surface area contributed by atoms with Crippen molar-refractivity contribution in [1.29, 1.82) is 0 Å². The number of carboxylic acid groups (broad SMARTS) is 1. The Bertz CT molecular complexity index is 627. The number of carbonyl (C=O) groups is 3. The Hall–Kier alpha value is -1.74. The van der Waals surface area contributed by atoms with Gasteiger partial charge in [-0.15, -0.1) is 0 Å². The largest absolute Gasteiger partial charge is 0.480 e. The molecular weight excluding hydrogens is 314 g/mol. The van der Waals surface area contributed by atoms with Crippen molar-refractivity contribution < 1.29 is 32.5 Å². The first kappa shape index (κ1) is 18.3. The lowest BCUT2D eigenvalue weighted by atomic mass is 9.76. The van der Waals surface area contributed by atoms with Gasteiger partial charge in [-0.1, -0.05) is 13.8 Å².